The van der Waals surface area contributed by atoms with E-state index in [0.717, 1.165) is 0 Å². The Balaban J connectivity index is 1.51. The molecule has 4 rings (SSSR count). The standard InChI is InChI=1S/C24H35FN5O13P/c1-7-35-17-15-16(28-19(26)29-17)30(10-27-15)18-22(6,33)24(25)8-23(24,43-18)9-38-44(34,39-11-36-20(31)41-13(2)3)40-12-37-21(32)42-14(4)5/h10,13-14,18,33H,7-9,11-12H2,1-6H3,(H2,26,28,29)/t18-,22+,23-,24+/m1/s1. The third-order valence-electron chi connectivity index (χ3n) is 6.58. The van der Waals surface area contributed by atoms with Crippen LogP contribution in [0.4, 0.5) is 19.9 Å². The van der Waals surface area contributed by atoms with Crippen LogP contribution in [0.1, 0.15) is 54.2 Å². The van der Waals surface area contributed by atoms with Crippen LogP contribution in [0.2, 0.25) is 0 Å². The van der Waals surface area contributed by atoms with Gasteiger partial charge in [-0.05, 0) is 41.5 Å². The summed E-state index contributed by atoms with van der Waals surface area (Å²) in [7, 11) is -4.75. The zero-order valence-corrected chi connectivity index (χ0v) is 25.8. The Morgan fingerprint density at radius 2 is 1.73 bits per heavy atom. The second-order valence-electron chi connectivity index (χ2n) is 10.6. The number of ether oxygens (including phenoxy) is 6. The Morgan fingerprint density at radius 1 is 1.14 bits per heavy atom. The van der Waals surface area contributed by atoms with E-state index in [2.05, 4.69) is 15.0 Å². The van der Waals surface area contributed by atoms with Crippen LogP contribution in [0.15, 0.2) is 6.33 Å². The zero-order chi connectivity index (χ0) is 32.5. The minimum absolute atomic E-state index is 0.0822. The molecule has 3 N–H and O–H groups in total. The van der Waals surface area contributed by atoms with Crippen molar-refractivity contribution in [2.45, 2.75) is 83.3 Å². The number of nitrogens with two attached hydrogens (primary N) is 1. The van der Waals surface area contributed by atoms with Crippen molar-refractivity contribution in [2.75, 3.05) is 32.5 Å². The Kier molecular flexibility index (Phi) is 9.58. The lowest BCUT2D eigenvalue weighted by atomic mass is 9.96. The molecule has 18 nitrogen and oxygen atoms in total. The molecule has 246 valence electrons. The minimum atomic E-state index is -4.75. The number of rotatable bonds is 14. The second kappa shape index (κ2) is 12.6. The third kappa shape index (κ3) is 6.67. The molecule has 0 amide bonds. The van der Waals surface area contributed by atoms with Crippen LogP contribution in [0.25, 0.3) is 11.2 Å². The molecule has 3 heterocycles. The van der Waals surface area contributed by atoms with Crippen molar-refractivity contribution in [1.29, 1.82) is 0 Å². The summed E-state index contributed by atoms with van der Waals surface area (Å²) in [6, 6.07) is 0. The molecule has 2 fully saturated rings. The van der Waals surface area contributed by atoms with Crippen LogP contribution in [0.3, 0.4) is 0 Å². The summed E-state index contributed by atoms with van der Waals surface area (Å²) in [6.07, 6.45) is -3.86. The summed E-state index contributed by atoms with van der Waals surface area (Å²) >= 11 is 0. The fourth-order valence-corrected chi connectivity index (χ4v) is 5.47. The van der Waals surface area contributed by atoms with Gasteiger partial charge in [0.2, 0.25) is 25.4 Å². The number of aliphatic hydroxyl groups is 1. The van der Waals surface area contributed by atoms with Crippen LogP contribution in [-0.2, 0) is 41.8 Å². The van der Waals surface area contributed by atoms with Crippen LogP contribution < -0.4 is 10.5 Å². The first-order valence-electron chi connectivity index (χ1n) is 13.5. The van der Waals surface area contributed by atoms with Gasteiger partial charge in [-0.2, -0.15) is 9.97 Å². The Bertz CT molecular complexity index is 1390. The molecule has 0 bridgehead atoms. The molecule has 0 aromatic carbocycles. The number of carbonyl (C=O) groups excluding carboxylic acids is 2. The normalized spacial score (nSPS) is 26.1. The highest BCUT2D eigenvalue weighted by atomic mass is 31.2. The predicted molar refractivity (Wildman–Crippen MR) is 144 cm³/mol. The van der Waals surface area contributed by atoms with Crippen LogP contribution in [0.5, 0.6) is 5.88 Å². The number of halogens is 1. The van der Waals surface area contributed by atoms with Crippen molar-refractivity contribution in [2.24, 2.45) is 0 Å². The van der Waals surface area contributed by atoms with Gasteiger partial charge in [-0.1, -0.05) is 0 Å². The molecule has 4 atom stereocenters. The summed E-state index contributed by atoms with van der Waals surface area (Å²) in [5.41, 5.74) is -0.342. The average Bonchev–Trinajstić information content (AvgIpc) is 3.22. The SMILES string of the molecule is CCOc1nc(N)nc2c1ncn2[C@@H]1O[C@@]2(COP(=O)(OCOC(=O)OC(C)C)OCOC(=O)OC(C)C)C[C@]2(F)[C@@]1(C)O. The number of anilines is 1. The van der Waals surface area contributed by atoms with Gasteiger partial charge in [0.15, 0.2) is 23.1 Å². The summed E-state index contributed by atoms with van der Waals surface area (Å²) < 4.78 is 76.7. The van der Waals surface area contributed by atoms with Gasteiger partial charge in [0.1, 0.15) is 11.2 Å². The van der Waals surface area contributed by atoms with Gasteiger partial charge in [0, 0.05) is 6.42 Å². The molecule has 2 aliphatic rings. The largest absolute Gasteiger partial charge is 0.510 e. The molecule has 20 heteroatoms. The molecule has 1 saturated heterocycles. The molecular formula is C24H35FN5O13P. The maximum Gasteiger partial charge on any atom is 0.510 e. The van der Waals surface area contributed by atoms with Crippen LogP contribution in [-0.4, -0.2) is 92.8 Å². The maximum atomic E-state index is 16.3. The molecular weight excluding hydrogens is 616 g/mol. The van der Waals surface area contributed by atoms with Gasteiger partial charge in [-0.15, -0.1) is 0 Å². The summed E-state index contributed by atoms with van der Waals surface area (Å²) in [4.78, 5) is 35.8. The first kappa shape index (κ1) is 33.5. The number of phosphoric ester groups is 1. The van der Waals surface area contributed by atoms with Crippen LogP contribution in [0, 0.1) is 0 Å². The molecule has 0 spiro atoms. The number of fused-ring (bicyclic) bond motifs is 2. The lowest BCUT2D eigenvalue weighted by molar-refractivity contribution is -0.133. The van der Waals surface area contributed by atoms with Crippen molar-refractivity contribution in [3.63, 3.8) is 0 Å². The van der Waals surface area contributed by atoms with Gasteiger partial charge in [0.05, 0.1) is 31.7 Å². The van der Waals surface area contributed by atoms with Gasteiger partial charge in [-0.3, -0.25) is 9.09 Å². The fraction of sp³-hybridized carbons (Fsp3) is 0.708. The zero-order valence-electron chi connectivity index (χ0n) is 24.9. The van der Waals surface area contributed by atoms with E-state index in [1.165, 1.54) is 17.8 Å². The summed E-state index contributed by atoms with van der Waals surface area (Å²) in [5, 5.41) is 11.4. The first-order chi connectivity index (χ1) is 20.6. The molecule has 0 unspecified atom stereocenters. The molecule has 2 aromatic rings. The molecule has 2 aromatic heterocycles. The van der Waals surface area contributed by atoms with E-state index < -0.39 is 75.6 Å². The second-order valence-corrected chi connectivity index (χ2v) is 12.2. The van der Waals surface area contributed by atoms with Gasteiger partial charge < -0.3 is 39.3 Å². The van der Waals surface area contributed by atoms with E-state index in [1.54, 1.807) is 34.6 Å². The van der Waals surface area contributed by atoms with Crippen molar-refractivity contribution in [3.8, 4) is 5.88 Å². The number of alkyl halides is 1. The highest BCUT2D eigenvalue weighted by Gasteiger charge is 2.86. The number of imidazole rings is 1. The topological polar surface area (TPSA) is 224 Å². The Labute approximate surface area is 250 Å². The molecule has 1 saturated carbocycles. The number of carbonyl (C=O) groups is 2. The lowest BCUT2D eigenvalue weighted by Crippen LogP contribution is -2.44. The fourth-order valence-electron chi connectivity index (χ4n) is 4.52. The predicted octanol–water partition coefficient (Wildman–Crippen LogP) is 3.13. The van der Waals surface area contributed by atoms with Crippen LogP contribution >= 0.6 is 7.82 Å². The minimum Gasteiger partial charge on any atom is -0.476 e. The maximum absolute atomic E-state index is 16.3. The number of nitrogen functional groups attached to an aromatic ring is 1. The molecule has 0 radical (unpaired) electrons. The van der Waals surface area contributed by atoms with Crippen molar-refractivity contribution >= 4 is 37.2 Å². The molecule has 44 heavy (non-hydrogen) atoms. The van der Waals surface area contributed by atoms with Gasteiger partial charge in [-0.25, -0.2) is 32.6 Å². The average molecular weight is 652 g/mol. The van der Waals surface area contributed by atoms with Crippen molar-refractivity contribution in [1.82, 2.24) is 19.5 Å². The first-order valence-corrected chi connectivity index (χ1v) is 14.9. The number of nitrogens with zero attached hydrogens (tertiary/aromatic N) is 4. The lowest BCUT2D eigenvalue weighted by Gasteiger charge is -2.30. The summed E-state index contributed by atoms with van der Waals surface area (Å²) in [5.74, 6) is -0.0773. The van der Waals surface area contributed by atoms with E-state index in [9.17, 15) is 19.3 Å². The number of aromatic nitrogens is 4. The molecule has 1 aliphatic heterocycles. The van der Waals surface area contributed by atoms with E-state index in [0.29, 0.717) is 0 Å². The highest BCUT2D eigenvalue weighted by Crippen LogP contribution is 2.70. The Morgan fingerprint density at radius 3 is 2.27 bits per heavy atom. The van der Waals surface area contributed by atoms with E-state index in [-0.39, 0.29) is 36.0 Å². The number of phosphoric acid groups is 1. The van der Waals surface area contributed by atoms with Gasteiger partial charge >= 0.3 is 20.1 Å². The van der Waals surface area contributed by atoms with Gasteiger partial charge in [0.25, 0.3) is 0 Å². The van der Waals surface area contributed by atoms with E-state index in [4.69, 9.17) is 47.7 Å². The third-order valence-corrected chi connectivity index (χ3v) is 7.87. The van der Waals surface area contributed by atoms with E-state index >= 15 is 4.39 Å². The van der Waals surface area contributed by atoms with E-state index in [1.807, 2.05) is 0 Å². The Hall–Kier alpha value is -3.35. The quantitative estimate of drug-likeness (QED) is 0.170. The number of hydrogen-bond acceptors (Lipinski definition) is 17. The monoisotopic (exact) mass is 651 g/mol. The number of hydrogen-bond donors (Lipinski definition) is 2. The van der Waals surface area contributed by atoms with Crippen molar-refractivity contribution < 1.29 is 65.6 Å². The smallest absolute Gasteiger partial charge is 0.476 e. The van der Waals surface area contributed by atoms with Crippen molar-refractivity contribution in [3.05, 3.63) is 6.33 Å². The highest BCUT2D eigenvalue weighted by molar-refractivity contribution is 7.48. The summed E-state index contributed by atoms with van der Waals surface area (Å²) in [6.45, 7) is 6.74. The molecule has 1 aliphatic carbocycles.